The second kappa shape index (κ2) is 7.79. The minimum atomic E-state index is 0.0566. The van der Waals surface area contributed by atoms with Crippen LogP contribution >= 0.6 is 11.3 Å². The SMILES string of the molecule is CCCc1nc(C(=O)N2CCCC[C@@H]2c2cccc(OC)c2)cs1. The van der Waals surface area contributed by atoms with Crippen LogP contribution in [0.15, 0.2) is 29.6 Å². The van der Waals surface area contributed by atoms with E-state index in [-0.39, 0.29) is 11.9 Å². The number of benzene rings is 1. The molecular formula is C19H24N2O2S. The number of aryl methyl sites for hydroxylation is 1. The Morgan fingerprint density at radius 2 is 2.29 bits per heavy atom. The molecule has 1 atom stereocenters. The van der Waals surface area contributed by atoms with E-state index in [0.717, 1.165) is 55.0 Å². The van der Waals surface area contributed by atoms with Gasteiger partial charge in [-0.15, -0.1) is 11.3 Å². The van der Waals surface area contributed by atoms with Crippen LogP contribution in [0.1, 0.15) is 59.7 Å². The number of thiazole rings is 1. The monoisotopic (exact) mass is 344 g/mol. The third kappa shape index (κ3) is 3.61. The molecule has 128 valence electrons. The molecule has 24 heavy (non-hydrogen) atoms. The number of amides is 1. The number of methoxy groups -OCH3 is 1. The first kappa shape index (κ1) is 17.0. The molecule has 0 aliphatic carbocycles. The predicted molar refractivity (Wildman–Crippen MR) is 96.7 cm³/mol. The summed E-state index contributed by atoms with van der Waals surface area (Å²) in [5, 5.41) is 2.96. The molecule has 0 saturated carbocycles. The quantitative estimate of drug-likeness (QED) is 0.803. The lowest BCUT2D eigenvalue weighted by Gasteiger charge is -2.35. The van der Waals surface area contributed by atoms with Gasteiger partial charge in [0.25, 0.3) is 5.91 Å². The number of hydrogen-bond acceptors (Lipinski definition) is 4. The first-order chi connectivity index (χ1) is 11.7. The van der Waals surface area contributed by atoms with E-state index in [1.807, 2.05) is 28.5 Å². The van der Waals surface area contributed by atoms with Gasteiger partial charge in [-0.25, -0.2) is 4.98 Å². The highest BCUT2D eigenvalue weighted by Crippen LogP contribution is 2.33. The second-order valence-corrected chi connectivity index (χ2v) is 7.11. The molecule has 4 nitrogen and oxygen atoms in total. The van der Waals surface area contributed by atoms with E-state index in [2.05, 4.69) is 18.0 Å². The van der Waals surface area contributed by atoms with Crippen LogP contribution < -0.4 is 4.74 Å². The third-order valence-corrected chi connectivity index (χ3v) is 5.39. The number of piperidine rings is 1. The minimum absolute atomic E-state index is 0.0566. The van der Waals surface area contributed by atoms with Gasteiger partial charge in [0.2, 0.25) is 0 Å². The van der Waals surface area contributed by atoms with Crippen molar-refractivity contribution in [1.29, 1.82) is 0 Å². The number of carbonyl (C=O) groups excluding carboxylic acids is 1. The molecular weight excluding hydrogens is 320 g/mol. The summed E-state index contributed by atoms with van der Waals surface area (Å²) >= 11 is 1.59. The number of rotatable bonds is 5. The average molecular weight is 344 g/mol. The Morgan fingerprint density at radius 3 is 3.08 bits per heavy atom. The lowest BCUT2D eigenvalue weighted by molar-refractivity contribution is 0.0605. The molecule has 1 aliphatic rings. The molecule has 2 aromatic rings. The van der Waals surface area contributed by atoms with Crippen LogP contribution in [0.25, 0.3) is 0 Å². The van der Waals surface area contributed by atoms with Crippen molar-refractivity contribution in [2.24, 2.45) is 0 Å². The standard InChI is InChI=1S/C19H24N2O2S/c1-3-7-18-20-16(13-24-18)19(22)21-11-5-4-10-17(21)14-8-6-9-15(12-14)23-2/h6,8-9,12-13,17H,3-5,7,10-11H2,1-2H3/t17-/m1/s1. The highest BCUT2D eigenvalue weighted by molar-refractivity contribution is 7.09. The number of ether oxygens (including phenoxy) is 1. The summed E-state index contributed by atoms with van der Waals surface area (Å²) in [5.41, 5.74) is 1.74. The van der Waals surface area contributed by atoms with Gasteiger partial charge >= 0.3 is 0 Å². The number of nitrogens with zero attached hydrogens (tertiary/aromatic N) is 2. The van der Waals surface area contributed by atoms with Gasteiger partial charge in [-0.3, -0.25) is 4.79 Å². The first-order valence-electron chi connectivity index (χ1n) is 8.62. The maximum absolute atomic E-state index is 13.0. The Kier molecular flexibility index (Phi) is 5.51. The van der Waals surface area contributed by atoms with Crippen LogP contribution in [-0.4, -0.2) is 29.4 Å². The Morgan fingerprint density at radius 1 is 1.42 bits per heavy atom. The zero-order valence-electron chi connectivity index (χ0n) is 14.3. The highest BCUT2D eigenvalue weighted by Gasteiger charge is 2.30. The molecule has 0 bridgehead atoms. The van der Waals surface area contributed by atoms with E-state index in [4.69, 9.17) is 4.74 Å². The van der Waals surface area contributed by atoms with Crippen molar-refractivity contribution >= 4 is 17.2 Å². The van der Waals surface area contributed by atoms with Crippen molar-refractivity contribution in [2.45, 2.75) is 45.1 Å². The van der Waals surface area contributed by atoms with Gasteiger partial charge in [-0.1, -0.05) is 19.1 Å². The van der Waals surface area contributed by atoms with Crippen LogP contribution in [0, 0.1) is 0 Å². The fourth-order valence-corrected chi connectivity index (χ4v) is 4.13. The molecule has 2 heterocycles. The van der Waals surface area contributed by atoms with Gasteiger partial charge < -0.3 is 9.64 Å². The van der Waals surface area contributed by atoms with Crippen LogP contribution in [0.4, 0.5) is 0 Å². The molecule has 5 heteroatoms. The van der Waals surface area contributed by atoms with Gasteiger partial charge in [-0.05, 0) is 49.8 Å². The molecule has 1 amide bonds. The van der Waals surface area contributed by atoms with Crippen LogP contribution in [0.3, 0.4) is 0 Å². The van der Waals surface area contributed by atoms with Crippen molar-refractivity contribution < 1.29 is 9.53 Å². The zero-order valence-corrected chi connectivity index (χ0v) is 15.1. The molecule has 1 aliphatic heterocycles. The Balaban J connectivity index is 1.84. The largest absolute Gasteiger partial charge is 0.497 e. The molecule has 1 fully saturated rings. The summed E-state index contributed by atoms with van der Waals surface area (Å²) in [5.74, 6) is 0.894. The number of hydrogen-bond donors (Lipinski definition) is 0. The van der Waals surface area contributed by atoms with Gasteiger partial charge in [-0.2, -0.15) is 0 Å². The van der Waals surface area contributed by atoms with E-state index >= 15 is 0 Å². The molecule has 1 saturated heterocycles. The predicted octanol–water partition coefficient (Wildman–Crippen LogP) is 4.47. The van der Waals surface area contributed by atoms with Crippen LogP contribution in [-0.2, 0) is 6.42 Å². The van der Waals surface area contributed by atoms with Crippen molar-refractivity contribution in [3.63, 3.8) is 0 Å². The Labute approximate surface area is 147 Å². The van der Waals surface area contributed by atoms with E-state index in [9.17, 15) is 4.79 Å². The van der Waals surface area contributed by atoms with Crippen molar-refractivity contribution in [1.82, 2.24) is 9.88 Å². The highest BCUT2D eigenvalue weighted by atomic mass is 32.1. The lowest BCUT2D eigenvalue weighted by atomic mass is 9.94. The van der Waals surface area contributed by atoms with Gasteiger partial charge in [0.05, 0.1) is 18.2 Å². The lowest BCUT2D eigenvalue weighted by Crippen LogP contribution is -2.38. The van der Waals surface area contributed by atoms with Gasteiger partial charge in [0, 0.05) is 11.9 Å². The van der Waals surface area contributed by atoms with Crippen LogP contribution in [0.2, 0.25) is 0 Å². The molecule has 0 N–H and O–H groups in total. The Bertz CT molecular complexity index is 698. The molecule has 0 unspecified atom stereocenters. The number of likely N-dealkylation sites (tertiary alicyclic amines) is 1. The molecule has 1 aromatic heterocycles. The summed E-state index contributed by atoms with van der Waals surface area (Å²) in [6.45, 7) is 2.92. The summed E-state index contributed by atoms with van der Waals surface area (Å²) in [6, 6.07) is 8.17. The van der Waals surface area contributed by atoms with E-state index in [1.165, 1.54) is 0 Å². The third-order valence-electron chi connectivity index (χ3n) is 4.48. The van der Waals surface area contributed by atoms with Crippen molar-refractivity contribution in [3.8, 4) is 5.75 Å². The van der Waals surface area contributed by atoms with Crippen LogP contribution in [0.5, 0.6) is 5.75 Å². The normalized spacial score (nSPS) is 17.8. The second-order valence-electron chi connectivity index (χ2n) is 6.16. The fourth-order valence-electron chi connectivity index (χ4n) is 3.25. The van der Waals surface area contributed by atoms with Crippen molar-refractivity contribution in [3.05, 3.63) is 45.9 Å². The summed E-state index contributed by atoms with van der Waals surface area (Å²) in [4.78, 5) is 19.5. The minimum Gasteiger partial charge on any atom is -0.497 e. The smallest absolute Gasteiger partial charge is 0.273 e. The van der Waals surface area contributed by atoms with E-state index in [0.29, 0.717) is 5.69 Å². The number of carbonyl (C=O) groups is 1. The molecule has 0 spiro atoms. The maximum atomic E-state index is 13.0. The molecule has 1 aromatic carbocycles. The maximum Gasteiger partial charge on any atom is 0.273 e. The number of aromatic nitrogens is 1. The fraction of sp³-hybridized carbons (Fsp3) is 0.474. The summed E-state index contributed by atoms with van der Waals surface area (Å²) in [7, 11) is 1.67. The van der Waals surface area contributed by atoms with Gasteiger partial charge in [0.15, 0.2) is 0 Å². The van der Waals surface area contributed by atoms with Crippen molar-refractivity contribution in [2.75, 3.05) is 13.7 Å². The molecule has 0 radical (unpaired) electrons. The Hall–Kier alpha value is -1.88. The molecule has 3 rings (SSSR count). The van der Waals surface area contributed by atoms with Gasteiger partial charge in [0.1, 0.15) is 11.4 Å². The topological polar surface area (TPSA) is 42.4 Å². The van der Waals surface area contributed by atoms with E-state index in [1.54, 1.807) is 18.4 Å². The summed E-state index contributed by atoms with van der Waals surface area (Å²) < 4.78 is 5.34. The van der Waals surface area contributed by atoms with E-state index < -0.39 is 0 Å². The average Bonchev–Trinajstić information content (AvgIpc) is 3.10. The zero-order chi connectivity index (χ0) is 16.9. The summed E-state index contributed by atoms with van der Waals surface area (Å²) in [6.07, 6.45) is 5.18. The first-order valence-corrected chi connectivity index (χ1v) is 9.50.